The fraction of sp³-hybridized carbons (Fsp3) is 0.176. The van der Waals surface area contributed by atoms with Crippen molar-refractivity contribution in [3.63, 3.8) is 0 Å². The lowest BCUT2D eigenvalue weighted by Gasteiger charge is -2.03. The zero-order valence-electron chi connectivity index (χ0n) is 12.1. The normalized spacial score (nSPS) is 10.6. The molecule has 0 saturated heterocycles. The van der Waals surface area contributed by atoms with E-state index in [-0.39, 0.29) is 5.82 Å². The number of halogens is 1. The zero-order valence-corrected chi connectivity index (χ0v) is 12.1. The van der Waals surface area contributed by atoms with Gasteiger partial charge in [-0.1, -0.05) is 18.1 Å². The molecule has 2 aromatic carbocycles. The average Bonchev–Trinajstić information content (AvgIpc) is 3.03. The highest BCUT2D eigenvalue weighted by atomic mass is 19.1. The van der Waals surface area contributed by atoms with Gasteiger partial charge in [0.2, 0.25) is 5.82 Å². The minimum absolute atomic E-state index is 0.292. The maximum atomic E-state index is 13.2. The molecule has 3 aromatic rings. The molecule has 22 heavy (non-hydrogen) atoms. The number of benzene rings is 2. The molecule has 0 aliphatic carbocycles. The summed E-state index contributed by atoms with van der Waals surface area (Å²) in [7, 11) is 0. The molecule has 0 saturated carbocycles. The van der Waals surface area contributed by atoms with E-state index in [1.54, 1.807) is 12.1 Å². The number of hydrogen-bond acceptors (Lipinski definition) is 4. The Hall–Kier alpha value is -2.69. The summed E-state index contributed by atoms with van der Waals surface area (Å²) in [6, 6.07) is 13.5. The van der Waals surface area contributed by atoms with Crippen LogP contribution < -0.4 is 4.74 Å². The molecule has 0 atom stereocenters. The second-order valence-corrected chi connectivity index (χ2v) is 4.81. The van der Waals surface area contributed by atoms with E-state index < -0.39 is 0 Å². The summed E-state index contributed by atoms with van der Waals surface area (Å²) in [5.74, 6) is 1.22. The van der Waals surface area contributed by atoms with Gasteiger partial charge in [0.05, 0.1) is 6.61 Å². The van der Waals surface area contributed by atoms with E-state index in [0.29, 0.717) is 23.9 Å². The SMILES string of the molecule is CCCOc1ccc(-c2noc(-c3cccc(F)c3)n2)cc1. The van der Waals surface area contributed by atoms with Crippen molar-refractivity contribution in [2.45, 2.75) is 13.3 Å². The van der Waals surface area contributed by atoms with Gasteiger partial charge in [0.25, 0.3) is 5.89 Å². The van der Waals surface area contributed by atoms with E-state index in [0.717, 1.165) is 17.7 Å². The third kappa shape index (κ3) is 3.14. The zero-order chi connectivity index (χ0) is 15.4. The van der Waals surface area contributed by atoms with Crippen molar-refractivity contribution < 1.29 is 13.7 Å². The molecule has 3 rings (SSSR count). The average molecular weight is 298 g/mol. The Labute approximate surface area is 127 Å². The second kappa shape index (κ2) is 6.39. The molecule has 1 heterocycles. The first-order chi connectivity index (χ1) is 10.8. The summed E-state index contributed by atoms with van der Waals surface area (Å²) in [5, 5.41) is 3.93. The van der Waals surface area contributed by atoms with Gasteiger partial charge in [0.15, 0.2) is 0 Å². The Kier molecular flexibility index (Phi) is 4.14. The molecule has 5 heteroatoms. The Bertz CT molecular complexity index is 753. The highest BCUT2D eigenvalue weighted by Crippen LogP contribution is 2.24. The molecule has 0 spiro atoms. The van der Waals surface area contributed by atoms with Crippen LogP contribution in [0.3, 0.4) is 0 Å². The molecule has 1 aromatic heterocycles. The third-order valence-electron chi connectivity index (χ3n) is 3.08. The van der Waals surface area contributed by atoms with E-state index in [9.17, 15) is 4.39 Å². The third-order valence-corrected chi connectivity index (χ3v) is 3.08. The van der Waals surface area contributed by atoms with E-state index in [1.165, 1.54) is 12.1 Å². The Morgan fingerprint density at radius 2 is 1.91 bits per heavy atom. The van der Waals surface area contributed by atoms with Gasteiger partial charge >= 0.3 is 0 Å². The van der Waals surface area contributed by atoms with Gasteiger partial charge in [-0.15, -0.1) is 0 Å². The maximum Gasteiger partial charge on any atom is 0.258 e. The predicted molar refractivity (Wildman–Crippen MR) is 80.9 cm³/mol. The van der Waals surface area contributed by atoms with Gasteiger partial charge in [-0.05, 0) is 48.9 Å². The lowest BCUT2D eigenvalue weighted by molar-refractivity contribution is 0.317. The standard InChI is InChI=1S/C17H15FN2O2/c1-2-10-21-15-8-6-12(7-9-15)16-19-17(22-20-16)13-4-3-5-14(18)11-13/h3-9,11H,2,10H2,1H3. The highest BCUT2D eigenvalue weighted by molar-refractivity contribution is 5.60. The van der Waals surface area contributed by atoms with Gasteiger partial charge in [0, 0.05) is 11.1 Å². The number of hydrogen-bond donors (Lipinski definition) is 0. The Morgan fingerprint density at radius 3 is 2.64 bits per heavy atom. The molecule has 0 fully saturated rings. The maximum absolute atomic E-state index is 13.2. The molecule has 0 radical (unpaired) electrons. The van der Waals surface area contributed by atoms with Gasteiger partial charge in [-0.25, -0.2) is 4.39 Å². The van der Waals surface area contributed by atoms with Crippen molar-refractivity contribution in [2.75, 3.05) is 6.61 Å². The van der Waals surface area contributed by atoms with Crippen LogP contribution in [0.4, 0.5) is 4.39 Å². The molecule has 0 aliphatic rings. The van der Waals surface area contributed by atoms with Crippen LogP contribution in [0, 0.1) is 5.82 Å². The van der Waals surface area contributed by atoms with Crippen molar-refractivity contribution >= 4 is 0 Å². The molecule has 0 bridgehead atoms. The molecular weight excluding hydrogens is 283 g/mol. The number of rotatable bonds is 5. The van der Waals surface area contributed by atoms with Crippen molar-refractivity contribution in [1.29, 1.82) is 0 Å². The van der Waals surface area contributed by atoms with E-state index in [4.69, 9.17) is 9.26 Å². The predicted octanol–water partition coefficient (Wildman–Crippen LogP) is 4.33. The first-order valence-corrected chi connectivity index (χ1v) is 7.09. The largest absolute Gasteiger partial charge is 0.494 e. The Balaban J connectivity index is 1.81. The minimum atomic E-state index is -0.338. The fourth-order valence-corrected chi connectivity index (χ4v) is 2.00. The lowest BCUT2D eigenvalue weighted by Crippen LogP contribution is -1.94. The summed E-state index contributed by atoms with van der Waals surface area (Å²) in [4.78, 5) is 4.30. The van der Waals surface area contributed by atoms with Crippen molar-refractivity contribution in [3.8, 4) is 28.6 Å². The summed E-state index contributed by atoms with van der Waals surface area (Å²) in [5.41, 5.74) is 1.37. The van der Waals surface area contributed by atoms with Crippen LogP contribution in [0.5, 0.6) is 5.75 Å². The van der Waals surface area contributed by atoms with E-state index in [1.807, 2.05) is 24.3 Å². The van der Waals surface area contributed by atoms with Crippen LogP contribution >= 0.6 is 0 Å². The molecule has 0 unspecified atom stereocenters. The lowest BCUT2D eigenvalue weighted by atomic mass is 10.2. The minimum Gasteiger partial charge on any atom is -0.494 e. The van der Waals surface area contributed by atoms with E-state index >= 15 is 0 Å². The molecular formula is C17H15FN2O2. The highest BCUT2D eigenvalue weighted by Gasteiger charge is 2.11. The number of aromatic nitrogens is 2. The first-order valence-electron chi connectivity index (χ1n) is 7.09. The second-order valence-electron chi connectivity index (χ2n) is 4.81. The van der Waals surface area contributed by atoms with Gasteiger partial charge < -0.3 is 9.26 Å². The van der Waals surface area contributed by atoms with Crippen LogP contribution in [0.1, 0.15) is 13.3 Å². The van der Waals surface area contributed by atoms with Gasteiger partial charge in [-0.3, -0.25) is 0 Å². The number of ether oxygens (including phenoxy) is 1. The van der Waals surface area contributed by atoms with Crippen molar-refractivity contribution in [3.05, 3.63) is 54.3 Å². The molecule has 112 valence electrons. The smallest absolute Gasteiger partial charge is 0.258 e. The van der Waals surface area contributed by atoms with Crippen molar-refractivity contribution in [1.82, 2.24) is 10.1 Å². The van der Waals surface area contributed by atoms with E-state index in [2.05, 4.69) is 17.1 Å². The Morgan fingerprint density at radius 1 is 1.09 bits per heavy atom. The summed E-state index contributed by atoms with van der Waals surface area (Å²) in [6.07, 6.45) is 0.962. The van der Waals surface area contributed by atoms with Gasteiger partial charge in [0.1, 0.15) is 11.6 Å². The summed E-state index contributed by atoms with van der Waals surface area (Å²) in [6.45, 7) is 2.74. The monoisotopic (exact) mass is 298 g/mol. The van der Waals surface area contributed by atoms with Crippen LogP contribution in [0.15, 0.2) is 53.1 Å². The van der Waals surface area contributed by atoms with Crippen LogP contribution in [-0.2, 0) is 0 Å². The molecule has 4 nitrogen and oxygen atoms in total. The first kappa shape index (κ1) is 14.3. The topological polar surface area (TPSA) is 48.2 Å². The summed E-state index contributed by atoms with van der Waals surface area (Å²) >= 11 is 0. The fourth-order valence-electron chi connectivity index (χ4n) is 2.00. The quantitative estimate of drug-likeness (QED) is 0.703. The summed E-state index contributed by atoms with van der Waals surface area (Å²) < 4.78 is 23.9. The molecule has 0 amide bonds. The van der Waals surface area contributed by atoms with Gasteiger partial charge in [-0.2, -0.15) is 4.98 Å². The number of nitrogens with zero attached hydrogens (tertiary/aromatic N) is 2. The van der Waals surface area contributed by atoms with Crippen LogP contribution in [0.25, 0.3) is 22.8 Å². The van der Waals surface area contributed by atoms with Crippen molar-refractivity contribution in [2.24, 2.45) is 0 Å². The molecule has 0 N–H and O–H groups in total. The van der Waals surface area contributed by atoms with Crippen LogP contribution in [0.2, 0.25) is 0 Å². The van der Waals surface area contributed by atoms with Crippen LogP contribution in [-0.4, -0.2) is 16.7 Å². The molecule has 0 aliphatic heterocycles.